The van der Waals surface area contributed by atoms with Gasteiger partial charge in [0.2, 0.25) is 0 Å². The first-order valence-corrected chi connectivity index (χ1v) is 6.49. The molecule has 0 bridgehead atoms. The molecule has 4 nitrogen and oxygen atoms in total. The van der Waals surface area contributed by atoms with Gasteiger partial charge in [0.15, 0.2) is 6.73 Å². The van der Waals surface area contributed by atoms with Crippen LogP contribution in [-0.4, -0.2) is 12.8 Å². The van der Waals surface area contributed by atoms with Gasteiger partial charge in [0, 0.05) is 6.54 Å². The Morgan fingerprint density at radius 1 is 1.00 bits per heavy atom. The average molecular weight is 270 g/mol. The van der Waals surface area contributed by atoms with E-state index in [1.165, 1.54) is 5.56 Å². The number of aryl methyl sites for hydroxylation is 1. The van der Waals surface area contributed by atoms with Crippen molar-refractivity contribution in [1.29, 1.82) is 0 Å². The normalized spacial score (nSPS) is 9.85. The molecule has 0 saturated heterocycles. The number of nitrogens with one attached hydrogen (secondary N) is 2. The molecule has 0 aliphatic rings. The predicted octanol–water partition coefficient (Wildman–Crippen LogP) is 2.83. The molecule has 0 unspecified atom stereocenters. The smallest absolute Gasteiger partial charge is 0.317 e. The van der Waals surface area contributed by atoms with E-state index in [1.54, 1.807) is 0 Å². The molecular weight excluding hydrogens is 252 g/mol. The molecule has 4 heteroatoms. The van der Waals surface area contributed by atoms with E-state index in [-0.39, 0.29) is 12.8 Å². The van der Waals surface area contributed by atoms with Gasteiger partial charge in [0.05, 0.1) is 0 Å². The molecule has 2 amide bonds. The lowest BCUT2D eigenvalue weighted by Crippen LogP contribution is -2.37. The highest BCUT2D eigenvalue weighted by Gasteiger charge is 2.00. The summed E-state index contributed by atoms with van der Waals surface area (Å²) >= 11 is 0. The molecule has 0 fully saturated rings. The maximum Gasteiger partial charge on any atom is 0.317 e. The van der Waals surface area contributed by atoms with E-state index in [9.17, 15) is 4.79 Å². The first-order chi connectivity index (χ1) is 9.74. The number of urea groups is 1. The maximum absolute atomic E-state index is 11.6. The molecule has 0 atom stereocenters. The Bertz CT molecular complexity index is 538. The van der Waals surface area contributed by atoms with Crippen LogP contribution in [0.15, 0.2) is 54.6 Å². The number of rotatable bonds is 5. The van der Waals surface area contributed by atoms with Gasteiger partial charge in [-0.1, -0.05) is 48.0 Å². The van der Waals surface area contributed by atoms with Crippen LogP contribution in [0.2, 0.25) is 0 Å². The summed E-state index contributed by atoms with van der Waals surface area (Å²) in [6, 6.07) is 17.2. The van der Waals surface area contributed by atoms with Gasteiger partial charge in [-0.15, -0.1) is 0 Å². The zero-order chi connectivity index (χ0) is 14.2. The molecule has 0 saturated carbocycles. The molecule has 20 heavy (non-hydrogen) atoms. The third-order valence-electron chi connectivity index (χ3n) is 2.79. The van der Waals surface area contributed by atoms with Crippen molar-refractivity contribution in [3.63, 3.8) is 0 Å². The Hall–Kier alpha value is -2.49. The van der Waals surface area contributed by atoms with Gasteiger partial charge in [0.25, 0.3) is 0 Å². The Morgan fingerprint density at radius 2 is 1.70 bits per heavy atom. The maximum atomic E-state index is 11.6. The van der Waals surface area contributed by atoms with Crippen molar-refractivity contribution in [3.8, 4) is 5.75 Å². The van der Waals surface area contributed by atoms with E-state index in [0.717, 1.165) is 11.3 Å². The zero-order valence-electron chi connectivity index (χ0n) is 11.4. The fourth-order valence-electron chi connectivity index (χ4n) is 1.66. The van der Waals surface area contributed by atoms with Gasteiger partial charge in [-0.05, 0) is 24.6 Å². The number of carbonyl (C=O) groups excluding carboxylic acids is 1. The van der Waals surface area contributed by atoms with Crippen molar-refractivity contribution in [2.45, 2.75) is 13.5 Å². The van der Waals surface area contributed by atoms with Crippen LogP contribution >= 0.6 is 0 Å². The van der Waals surface area contributed by atoms with Crippen LogP contribution < -0.4 is 15.4 Å². The quantitative estimate of drug-likeness (QED) is 0.821. The van der Waals surface area contributed by atoms with Crippen LogP contribution in [0.5, 0.6) is 5.75 Å². The monoisotopic (exact) mass is 270 g/mol. The van der Waals surface area contributed by atoms with Crippen molar-refractivity contribution in [2.75, 3.05) is 6.73 Å². The van der Waals surface area contributed by atoms with E-state index in [4.69, 9.17) is 4.74 Å². The second-order valence-electron chi connectivity index (χ2n) is 4.45. The van der Waals surface area contributed by atoms with Crippen LogP contribution in [0, 0.1) is 6.92 Å². The van der Waals surface area contributed by atoms with E-state index in [1.807, 2.05) is 61.5 Å². The van der Waals surface area contributed by atoms with E-state index < -0.39 is 0 Å². The SMILES string of the molecule is Cc1ccc(OCNC(=O)NCc2ccccc2)cc1. The van der Waals surface area contributed by atoms with Crippen molar-refractivity contribution < 1.29 is 9.53 Å². The topological polar surface area (TPSA) is 50.4 Å². The summed E-state index contributed by atoms with van der Waals surface area (Å²) in [4.78, 5) is 11.6. The summed E-state index contributed by atoms with van der Waals surface area (Å²) in [6.45, 7) is 2.65. The number of hydrogen-bond acceptors (Lipinski definition) is 2. The van der Waals surface area contributed by atoms with Crippen LogP contribution in [0.4, 0.5) is 4.79 Å². The minimum atomic E-state index is -0.249. The van der Waals surface area contributed by atoms with E-state index >= 15 is 0 Å². The van der Waals surface area contributed by atoms with Gasteiger partial charge < -0.3 is 15.4 Å². The first-order valence-electron chi connectivity index (χ1n) is 6.49. The molecule has 0 spiro atoms. The number of ether oxygens (including phenoxy) is 1. The summed E-state index contributed by atoms with van der Waals surface area (Å²) in [5.74, 6) is 0.735. The Labute approximate surface area is 118 Å². The minimum Gasteiger partial charge on any atom is -0.473 e. The van der Waals surface area contributed by atoms with Crippen LogP contribution in [-0.2, 0) is 6.54 Å². The third kappa shape index (κ3) is 4.65. The molecule has 104 valence electrons. The summed E-state index contributed by atoms with van der Waals surface area (Å²) in [5.41, 5.74) is 2.23. The molecule has 2 aromatic carbocycles. The van der Waals surface area contributed by atoms with Crippen LogP contribution in [0.1, 0.15) is 11.1 Å². The number of carbonyl (C=O) groups is 1. The molecular formula is C16H18N2O2. The van der Waals surface area contributed by atoms with Crippen LogP contribution in [0.25, 0.3) is 0 Å². The zero-order valence-corrected chi connectivity index (χ0v) is 11.4. The highest BCUT2D eigenvalue weighted by molar-refractivity contribution is 5.73. The van der Waals surface area contributed by atoms with Gasteiger partial charge in [0.1, 0.15) is 5.75 Å². The lowest BCUT2D eigenvalue weighted by molar-refractivity contribution is 0.223. The Balaban J connectivity index is 1.66. The lowest BCUT2D eigenvalue weighted by atomic mass is 10.2. The molecule has 0 heterocycles. The number of benzene rings is 2. The minimum absolute atomic E-state index is 0.143. The summed E-state index contributed by atoms with van der Waals surface area (Å²) < 4.78 is 5.41. The van der Waals surface area contributed by atoms with Gasteiger partial charge in [-0.3, -0.25) is 0 Å². The first kappa shape index (κ1) is 13.9. The molecule has 2 N–H and O–H groups in total. The van der Waals surface area contributed by atoms with E-state index in [0.29, 0.717) is 6.54 Å². The molecule has 2 rings (SSSR count). The molecule has 0 aliphatic heterocycles. The van der Waals surface area contributed by atoms with Crippen molar-refractivity contribution in [2.24, 2.45) is 0 Å². The van der Waals surface area contributed by atoms with Crippen molar-refractivity contribution >= 4 is 6.03 Å². The predicted molar refractivity (Wildman–Crippen MR) is 78.5 cm³/mol. The van der Waals surface area contributed by atoms with Crippen molar-refractivity contribution in [3.05, 3.63) is 65.7 Å². The average Bonchev–Trinajstić information content (AvgIpc) is 2.48. The Morgan fingerprint density at radius 3 is 2.40 bits per heavy atom. The highest BCUT2D eigenvalue weighted by atomic mass is 16.5. The molecule has 2 aromatic rings. The summed E-state index contributed by atoms with van der Waals surface area (Å²) in [6.07, 6.45) is 0. The van der Waals surface area contributed by atoms with Crippen LogP contribution in [0.3, 0.4) is 0 Å². The number of amides is 2. The largest absolute Gasteiger partial charge is 0.473 e. The standard InChI is InChI=1S/C16H18N2O2/c1-13-7-9-15(10-8-13)20-12-18-16(19)17-11-14-5-3-2-4-6-14/h2-10H,11-12H2,1H3,(H2,17,18,19). The van der Waals surface area contributed by atoms with Crippen molar-refractivity contribution in [1.82, 2.24) is 10.6 Å². The highest BCUT2D eigenvalue weighted by Crippen LogP contribution is 2.10. The fraction of sp³-hybridized carbons (Fsp3) is 0.188. The van der Waals surface area contributed by atoms with Gasteiger partial charge in [-0.25, -0.2) is 4.79 Å². The number of hydrogen-bond donors (Lipinski definition) is 2. The lowest BCUT2D eigenvalue weighted by Gasteiger charge is -2.09. The second-order valence-corrected chi connectivity index (χ2v) is 4.45. The molecule has 0 aliphatic carbocycles. The fourth-order valence-corrected chi connectivity index (χ4v) is 1.66. The Kier molecular flexibility index (Phi) is 5.00. The van der Waals surface area contributed by atoms with Gasteiger partial charge >= 0.3 is 6.03 Å². The second kappa shape index (κ2) is 7.19. The summed E-state index contributed by atoms with van der Waals surface area (Å²) in [5, 5.41) is 5.41. The molecule has 0 radical (unpaired) electrons. The third-order valence-corrected chi connectivity index (χ3v) is 2.79. The summed E-state index contributed by atoms with van der Waals surface area (Å²) in [7, 11) is 0. The molecule has 0 aromatic heterocycles. The van der Waals surface area contributed by atoms with Gasteiger partial charge in [-0.2, -0.15) is 0 Å². The van der Waals surface area contributed by atoms with E-state index in [2.05, 4.69) is 10.6 Å².